The van der Waals surface area contributed by atoms with Crippen LogP contribution in [0.2, 0.25) is 0 Å². The average Bonchev–Trinajstić information content (AvgIpc) is 3.30. The highest BCUT2D eigenvalue weighted by Crippen LogP contribution is 2.45. The maximum atomic E-state index is 13.4. The number of hydrogen-bond acceptors (Lipinski definition) is 5. The quantitative estimate of drug-likeness (QED) is 0.200. The van der Waals surface area contributed by atoms with Crippen molar-refractivity contribution < 1.29 is 19.1 Å². The van der Waals surface area contributed by atoms with Gasteiger partial charge in [0.15, 0.2) is 0 Å². The van der Waals surface area contributed by atoms with Crippen LogP contribution in [0.25, 0.3) is 16.8 Å². The molecule has 0 fully saturated rings. The fraction of sp³-hybridized carbons (Fsp3) is 0.267. The first-order valence-corrected chi connectivity index (χ1v) is 13.0. The zero-order valence-corrected chi connectivity index (χ0v) is 22.4. The van der Waals surface area contributed by atoms with E-state index in [2.05, 4.69) is 16.8 Å². The molecule has 0 radical (unpaired) electrons. The van der Waals surface area contributed by atoms with Crippen molar-refractivity contribution in [3.05, 3.63) is 84.5 Å². The molecule has 4 rings (SSSR count). The molecule has 0 bridgehead atoms. The third kappa shape index (κ3) is 6.36. The van der Waals surface area contributed by atoms with Crippen LogP contribution in [0.3, 0.4) is 0 Å². The molecule has 8 heteroatoms. The van der Waals surface area contributed by atoms with E-state index in [1.807, 2.05) is 68.7 Å². The molecule has 1 unspecified atom stereocenters. The standard InChI is InChI=1S/C30H32ClN3O4/c1-4-16-38-30(36)32-26-18-27-29(25-8-6-5-7-24(25)26)22(19-31)20-34(27)28(35)14-11-21-9-12-23(13-10-21)37-17-15-33(2)3/h4-14,18,22H,1,15-17,19-20H2,2-3H3,(H,32,36)/b14-11+. The number of benzene rings is 3. The molecule has 7 nitrogen and oxygen atoms in total. The molecule has 1 atom stereocenters. The Bertz CT molecular complexity index is 1340. The summed E-state index contributed by atoms with van der Waals surface area (Å²) in [6, 6.07) is 17.2. The van der Waals surface area contributed by atoms with Gasteiger partial charge in [-0.25, -0.2) is 4.79 Å². The van der Waals surface area contributed by atoms with Crippen molar-refractivity contribution in [1.29, 1.82) is 0 Å². The van der Waals surface area contributed by atoms with Crippen LogP contribution in [0.5, 0.6) is 5.75 Å². The van der Waals surface area contributed by atoms with E-state index in [-0.39, 0.29) is 18.4 Å². The topological polar surface area (TPSA) is 71.1 Å². The predicted octanol–water partition coefficient (Wildman–Crippen LogP) is 5.90. The number of nitrogens with zero attached hydrogens (tertiary/aromatic N) is 2. The lowest BCUT2D eigenvalue weighted by atomic mass is 9.95. The highest BCUT2D eigenvalue weighted by atomic mass is 35.5. The Morgan fingerprint density at radius 3 is 2.58 bits per heavy atom. The monoisotopic (exact) mass is 533 g/mol. The van der Waals surface area contributed by atoms with Crippen molar-refractivity contribution in [2.45, 2.75) is 5.92 Å². The van der Waals surface area contributed by atoms with E-state index < -0.39 is 6.09 Å². The first kappa shape index (κ1) is 27.2. The number of ether oxygens (including phenoxy) is 2. The van der Waals surface area contributed by atoms with Gasteiger partial charge in [0.2, 0.25) is 0 Å². The van der Waals surface area contributed by atoms with Gasteiger partial charge >= 0.3 is 6.09 Å². The summed E-state index contributed by atoms with van der Waals surface area (Å²) in [6.45, 7) is 5.56. The molecule has 38 heavy (non-hydrogen) atoms. The van der Waals surface area contributed by atoms with Crippen LogP contribution in [0.15, 0.2) is 73.3 Å². The van der Waals surface area contributed by atoms with Crippen LogP contribution in [-0.2, 0) is 9.53 Å². The average molecular weight is 534 g/mol. The van der Waals surface area contributed by atoms with Crippen LogP contribution in [0.1, 0.15) is 17.0 Å². The summed E-state index contributed by atoms with van der Waals surface area (Å²) in [5.41, 5.74) is 3.18. The summed E-state index contributed by atoms with van der Waals surface area (Å²) in [6.07, 6.45) is 4.26. The van der Waals surface area contributed by atoms with Gasteiger partial charge in [0, 0.05) is 36.3 Å². The number of rotatable bonds is 10. The Morgan fingerprint density at radius 2 is 1.89 bits per heavy atom. The van der Waals surface area contributed by atoms with Gasteiger partial charge in [-0.3, -0.25) is 10.1 Å². The molecule has 3 aromatic carbocycles. The predicted molar refractivity (Wildman–Crippen MR) is 154 cm³/mol. The second-order valence-corrected chi connectivity index (χ2v) is 9.58. The number of anilines is 2. The highest BCUT2D eigenvalue weighted by Gasteiger charge is 2.33. The van der Waals surface area contributed by atoms with Crippen LogP contribution < -0.4 is 15.0 Å². The number of amides is 2. The summed E-state index contributed by atoms with van der Waals surface area (Å²) in [4.78, 5) is 29.5. The van der Waals surface area contributed by atoms with Crippen molar-refractivity contribution in [1.82, 2.24) is 4.90 Å². The Hall–Kier alpha value is -3.81. The zero-order valence-electron chi connectivity index (χ0n) is 21.7. The molecular formula is C30H32ClN3O4. The molecule has 0 saturated carbocycles. The summed E-state index contributed by atoms with van der Waals surface area (Å²) in [5, 5.41) is 4.61. The number of nitrogens with one attached hydrogen (secondary N) is 1. The van der Waals surface area contributed by atoms with Crippen LogP contribution in [-0.4, -0.2) is 63.2 Å². The minimum Gasteiger partial charge on any atom is -0.492 e. The third-order valence-electron chi connectivity index (χ3n) is 6.29. The molecular weight excluding hydrogens is 502 g/mol. The van der Waals surface area contributed by atoms with E-state index in [0.29, 0.717) is 24.7 Å². The number of likely N-dealkylation sites (N-methyl/N-ethyl adjacent to an activating group) is 1. The Balaban J connectivity index is 1.57. The lowest BCUT2D eigenvalue weighted by molar-refractivity contribution is -0.114. The maximum Gasteiger partial charge on any atom is 0.411 e. The summed E-state index contributed by atoms with van der Waals surface area (Å²) >= 11 is 6.36. The molecule has 0 aromatic heterocycles. The Kier molecular flexibility index (Phi) is 9.05. The maximum absolute atomic E-state index is 13.4. The van der Waals surface area contributed by atoms with Gasteiger partial charge in [0.25, 0.3) is 5.91 Å². The van der Waals surface area contributed by atoms with Crippen LogP contribution in [0.4, 0.5) is 16.2 Å². The fourth-order valence-corrected chi connectivity index (χ4v) is 4.69. The van der Waals surface area contributed by atoms with E-state index in [1.165, 1.54) is 6.08 Å². The number of carbonyl (C=O) groups excluding carboxylic acids is 2. The van der Waals surface area contributed by atoms with Crippen molar-refractivity contribution in [2.75, 3.05) is 56.5 Å². The zero-order chi connectivity index (χ0) is 27.1. The van der Waals surface area contributed by atoms with Gasteiger partial charge in [-0.15, -0.1) is 11.6 Å². The Morgan fingerprint density at radius 1 is 1.16 bits per heavy atom. The van der Waals surface area contributed by atoms with Gasteiger partial charge in [0.1, 0.15) is 19.0 Å². The van der Waals surface area contributed by atoms with E-state index in [4.69, 9.17) is 21.1 Å². The molecule has 0 saturated heterocycles. The molecule has 198 valence electrons. The molecule has 0 aliphatic carbocycles. The first-order valence-electron chi connectivity index (χ1n) is 12.4. The third-order valence-corrected chi connectivity index (χ3v) is 6.67. The van der Waals surface area contributed by atoms with Gasteiger partial charge in [0.05, 0.1) is 11.4 Å². The molecule has 2 amide bonds. The van der Waals surface area contributed by atoms with Crippen molar-refractivity contribution >= 4 is 51.8 Å². The molecule has 1 heterocycles. The second-order valence-electron chi connectivity index (χ2n) is 9.27. The van der Waals surface area contributed by atoms with Crippen LogP contribution in [0, 0.1) is 0 Å². The molecule has 1 aliphatic heterocycles. The lowest BCUT2D eigenvalue weighted by Crippen LogP contribution is -2.28. The Labute approximate surface area is 228 Å². The smallest absolute Gasteiger partial charge is 0.411 e. The van der Waals surface area contributed by atoms with E-state index in [1.54, 1.807) is 17.1 Å². The highest BCUT2D eigenvalue weighted by molar-refractivity contribution is 6.19. The number of hydrogen-bond donors (Lipinski definition) is 1. The molecule has 0 spiro atoms. The van der Waals surface area contributed by atoms with Crippen molar-refractivity contribution in [3.63, 3.8) is 0 Å². The van der Waals surface area contributed by atoms with Gasteiger partial charge in [-0.2, -0.15) is 0 Å². The summed E-state index contributed by atoms with van der Waals surface area (Å²) in [7, 11) is 4.00. The van der Waals surface area contributed by atoms with E-state index in [0.717, 1.165) is 39.9 Å². The summed E-state index contributed by atoms with van der Waals surface area (Å²) in [5.74, 6) is 0.954. The fourth-order valence-electron chi connectivity index (χ4n) is 4.44. The largest absolute Gasteiger partial charge is 0.492 e. The first-order chi connectivity index (χ1) is 18.4. The number of alkyl halides is 1. The van der Waals surface area contributed by atoms with Gasteiger partial charge in [-0.05, 0) is 54.9 Å². The van der Waals surface area contributed by atoms with Crippen molar-refractivity contribution in [2.24, 2.45) is 0 Å². The molecule has 1 N–H and O–H groups in total. The minimum atomic E-state index is -0.589. The number of carbonyl (C=O) groups is 2. The van der Waals surface area contributed by atoms with Crippen LogP contribution >= 0.6 is 11.6 Å². The summed E-state index contributed by atoms with van der Waals surface area (Å²) < 4.78 is 10.9. The van der Waals surface area contributed by atoms with Gasteiger partial charge < -0.3 is 19.3 Å². The lowest BCUT2D eigenvalue weighted by Gasteiger charge is -2.18. The van der Waals surface area contributed by atoms with Crippen molar-refractivity contribution in [3.8, 4) is 5.75 Å². The second kappa shape index (κ2) is 12.6. The number of fused-ring (bicyclic) bond motifs is 3. The normalized spacial score (nSPS) is 14.6. The van der Waals surface area contributed by atoms with Gasteiger partial charge in [-0.1, -0.05) is 49.1 Å². The SMILES string of the molecule is C=CCOC(=O)Nc1cc2c(c3ccccc13)C(CCl)CN2C(=O)/C=C/c1ccc(OCCN(C)C)cc1. The minimum absolute atomic E-state index is 0.0331. The van der Waals surface area contributed by atoms with E-state index in [9.17, 15) is 9.59 Å². The van der Waals surface area contributed by atoms with E-state index >= 15 is 0 Å². The number of halogens is 1. The molecule has 3 aromatic rings. The molecule has 1 aliphatic rings.